The van der Waals surface area contributed by atoms with Gasteiger partial charge in [0.05, 0.1) is 5.52 Å². The van der Waals surface area contributed by atoms with E-state index in [1.807, 2.05) is 26.1 Å². The first-order valence-corrected chi connectivity index (χ1v) is 6.10. The summed E-state index contributed by atoms with van der Waals surface area (Å²) in [5.74, 6) is 0.695. The maximum Gasteiger partial charge on any atom is 0.0704 e. The Morgan fingerprint density at radius 2 is 1.75 bits per heavy atom. The number of para-hydroxylation sites is 1. The molecule has 0 saturated heterocycles. The van der Waals surface area contributed by atoms with E-state index in [-0.39, 0.29) is 0 Å². The van der Waals surface area contributed by atoms with Crippen molar-refractivity contribution in [3.63, 3.8) is 0 Å². The Morgan fingerprint density at radius 1 is 1.06 bits per heavy atom. The molecule has 1 aromatic carbocycles. The van der Waals surface area contributed by atoms with Gasteiger partial charge in [0.25, 0.3) is 0 Å². The van der Waals surface area contributed by atoms with Crippen molar-refractivity contribution in [2.24, 2.45) is 5.92 Å². The molecule has 0 spiro atoms. The summed E-state index contributed by atoms with van der Waals surface area (Å²) in [5, 5.41) is 1.30. The van der Waals surface area contributed by atoms with E-state index in [1.165, 1.54) is 10.9 Å². The van der Waals surface area contributed by atoms with Gasteiger partial charge in [0.15, 0.2) is 0 Å². The second-order valence-electron chi connectivity index (χ2n) is 4.09. The molecule has 0 bridgehead atoms. The van der Waals surface area contributed by atoms with E-state index in [0.717, 1.165) is 11.9 Å². The van der Waals surface area contributed by atoms with Gasteiger partial charge in [-0.05, 0) is 30.0 Å². The minimum absolute atomic E-state index is 0.695. The van der Waals surface area contributed by atoms with Crippen molar-refractivity contribution < 1.29 is 0 Å². The third-order valence-corrected chi connectivity index (χ3v) is 2.37. The quantitative estimate of drug-likeness (QED) is 0.720. The summed E-state index contributed by atoms with van der Waals surface area (Å²) >= 11 is 0. The van der Waals surface area contributed by atoms with Gasteiger partial charge in [-0.2, -0.15) is 0 Å². The van der Waals surface area contributed by atoms with Crippen molar-refractivity contribution in [3.05, 3.63) is 42.1 Å². The molecule has 0 aliphatic rings. The Morgan fingerprint density at radius 3 is 2.44 bits per heavy atom. The SMILES string of the molecule is CC.CC(C)Cc1ccnc2ccccc12. The van der Waals surface area contributed by atoms with Crippen molar-refractivity contribution in [2.45, 2.75) is 34.1 Å². The minimum atomic E-state index is 0.695. The van der Waals surface area contributed by atoms with Crippen molar-refractivity contribution >= 4 is 10.9 Å². The van der Waals surface area contributed by atoms with Crippen LogP contribution in [0.15, 0.2) is 36.5 Å². The van der Waals surface area contributed by atoms with Crippen LogP contribution in [0.25, 0.3) is 10.9 Å². The Labute approximate surface area is 98.5 Å². The van der Waals surface area contributed by atoms with Crippen LogP contribution in [-0.4, -0.2) is 4.98 Å². The zero-order valence-electron chi connectivity index (χ0n) is 10.7. The Kier molecular flexibility index (Phi) is 4.97. The lowest BCUT2D eigenvalue weighted by molar-refractivity contribution is 0.650. The minimum Gasteiger partial charge on any atom is -0.256 e. The smallest absolute Gasteiger partial charge is 0.0704 e. The van der Waals surface area contributed by atoms with Gasteiger partial charge in [0.2, 0.25) is 0 Å². The van der Waals surface area contributed by atoms with Crippen LogP contribution >= 0.6 is 0 Å². The summed E-state index contributed by atoms with van der Waals surface area (Å²) in [4.78, 5) is 4.35. The average Bonchev–Trinajstić information content (AvgIpc) is 2.31. The molecule has 0 N–H and O–H groups in total. The second kappa shape index (κ2) is 6.26. The molecule has 0 unspecified atom stereocenters. The van der Waals surface area contributed by atoms with Gasteiger partial charge in [-0.25, -0.2) is 0 Å². The molecule has 1 heteroatoms. The predicted molar refractivity (Wildman–Crippen MR) is 71.6 cm³/mol. The van der Waals surface area contributed by atoms with Crippen LogP contribution in [0.4, 0.5) is 0 Å². The van der Waals surface area contributed by atoms with Crippen molar-refractivity contribution in [2.75, 3.05) is 0 Å². The van der Waals surface area contributed by atoms with Crippen LogP contribution in [-0.2, 0) is 6.42 Å². The lowest BCUT2D eigenvalue weighted by atomic mass is 10.00. The number of nitrogens with zero attached hydrogens (tertiary/aromatic N) is 1. The normalized spacial score (nSPS) is 10.1. The fraction of sp³-hybridized carbons (Fsp3) is 0.400. The molecule has 2 aromatic rings. The van der Waals surface area contributed by atoms with Crippen molar-refractivity contribution in [3.8, 4) is 0 Å². The van der Waals surface area contributed by atoms with Crippen LogP contribution in [0, 0.1) is 5.92 Å². The molecule has 0 amide bonds. The highest BCUT2D eigenvalue weighted by molar-refractivity contribution is 5.81. The molecule has 0 saturated carbocycles. The van der Waals surface area contributed by atoms with Crippen LogP contribution in [0.2, 0.25) is 0 Å². The number of rotatable bonds is 2. The average molecular weight is 215 g/mol. The number of fused-ring (bicyclic) bond motifs is 1. The third kappa shape index (κ3) is 3.06. The van der Waals surface area contributed by atoms with Crippen LogP contribution in [0.5, 0.6) is 0 Å². The first-order valence-electron chi connectivity index (χ1n) is 6.10. The first-order chi connectivity index (χ1) is 7.77. The summed E-state index contributed by atoms with van der Waals surface area (Å²) in [6, 6.07) is 10.5. The van der Waals surface area contributed by atoms with Gasteiger partial charge < -0.3 is 0 Å². The van der Waals surface area contributed by atoms with Crippen LogP contribution in [0.1, 0.15) is 33.3 Å². The van der Waals surface area contributed by atoms with Crippen molar-refractivity contribution in [1.82, 2.24) is 4.98 Å². The van der Waals surface area contributed by atoms with Gasteiger partial charge in [-0.3, -0.25) is 4.98 Å². The number of aromatic nitrogens is 1. The number of hydrogen-bond acceptors (Lipinski definition) is 1. The molecule has 16 heavy (non-hydrogen) atoms. The van der Waals surface area contributed by atoms with Crippen molar-refractivity contribution in [1.29, 1.82) is 0 Å². The summed E-state index contributed by atoms with van der Waals surface area (Å²) in [6.45, 7) is 8.49. The van der Waals surface area contributed by atoms with Gasteiger partial charge in [-0.15, -0.1) is 0 Å². The highest BCUT2D eigenvalue weighted by Crippen LogP contribution is 2.18. The number of hydrogen-bond donors (Lipinski definition) is 0. The van der Waals surface area contributed by atoms with Gasteiger partial charge in [0.1, 0.15) is 0 Å². The molecule has 1 aromatic heterocycles. The summed E-state index contributed by atoms with van der Waals surface area (Å²) in [5.41, 5.74) is 2.51. The molecule has 2 rings (SSSR count). The molecular weight excluding hydrogens is 194 g/mol. The lowest BCUT2D eigenvalue weighted by Gasteiger charge is -2.07. The topological polar surface area (TPSA) is 12.9 Å². The largest absolute Gasteiger partial charge is 0.256 e. The summed E-state index contributed by atoms with van der Waals surface area (Å²) in [6.07, 6.45) is 3.03. The molecule has 0 aliphatic carbocycles. The highest BCUT2D eigenvalue weighted by atomic mass is 14.6. The molecular formula is C15H21N. The predicted octanol–water partition coefficient (Wildman–Crippen LogP) is 4.46. The highest BCUT2D eigenvalue weighted by Gasteiger charge is 2.02. The Hall–Kier alpha value is -1.37. The maximum absolute atomic E-state index is 4.35. The molecule has 0 fully saturated rings. The Balaban J connectivity index is 0.000000606. The van der Waals surface area contributed by atoms with Gasteiger partial charge in [-0.1, -0.05) is 45.9 Å². The fourth-order valence-corrected chi connectivity index (χ4v) is 1.77. The van der Waals surface area contributed by atoms with Gasteiger partial charge in [0, 0.05) is 11.6 Å². The zero-order valence-corrected chi connectivity index (χ0v) is 10.7. The molecule has 0 atom stereocenters. The fourth-order valence-electron chi connectivity index (χ4n) is 1.77. The van der Waals surface area contributed by atoms with E-state index in [1.54, 1.807) is 0 Å². The molecule has 1 heterocycles. The standard InChI is InChI=1S/C13H15N.C2H6/c1-10(2)9-11-7-8-14-13-6-4-3-5-12(11)13;1-2/h3-8,10H,9H2,1-2H3;1-2H3. The van der Waals surface area contributed by atoms with E-state index < -0.39 is 0 Å². The van der Waals surface area contributed by atoms with E-state index in [0.29, 0.717) is 5.92 Å². The molecule has 86 valence electrons. The van der Waals surface area contributed by atoms with Crippen LogP contribution in [0.3, 0.4) is 0 Å². The summed E-state index contributed by atoms with van der Waals surface area (Å²) in [7, 11) is 0. The first kappa shape index (κ1) is 12.7. The van der Waals surface area contributed by atoms with E-state index >= 15 is 0 Å². The van der Waals surface area contributed by atoms with Crippen LogP contribution < -0.4 is 0 Å². The molecule has 0 radical (unpaired) electrons. The maximum atomic E-state index is 4.35. The van der Waals surface area contributed by atoms with Gasteiger partial charge >= 0.3 is 0 Å². The van der Waals surface area contributed by atoms with E-state index in [9.17, 15) is 0 Å². The molecule has 0 aliphatic heterocycles. The van der Waals surface area contributed by atoms with E-state index in [2.05, 4.69) is 43.1 Å². The van der Waals surface area contributed by atoms with E-state index in [4.69, 9.17) is 0 Å². The second-order valence-corrected chi connectivity index (χ2v) is 4.09. The molecule has 1 nitrogen and oxygen atoms in total. The number of pyridine rings is 1. The number of benzene rings is 1. The monoisotopic (exact) mass is 215 g/mol. The lowest BCUT2D eigenvalue weighted by Crippen LogP contribution is -1.95. The zero-order chi connectivity index (χ0) is 12.0. The Bertz CT molecular complexity index is 427. The summed E-state index contributed by atoms with van der Waals surface area (Å²) < 4.78 is 0. The third-order valence-electron chi connectivity index (χ3n) is 2.37.